The number of amides is 2. The molecule has 3 saturated carbocycles. The Labute approximate surface area is 281 Å². The molecule has 1 aliphatic heterocycles. The van der Waals surface area contributed by atoms with Crippen LogP contribution in [0, 0.1) is 29.6 Å². The summed E-state index contributed by atoms with van der Waals surface area (Å²) in [6.45, 7) is 7.47. The van der Waals surface area contributed by atoms with Gasteiger partial charge < -0.3 is 29.7 Å². The molecule has 13 heteroatoms. The second kappa shape index (κ2) is 19.0. The van der Waals surface area contributed by atoms with E-state index in [-0.39, 0.29) is 34.6 Å². The normalized spacial score (nSPS) is 34.6. The van der Waals surface area contributed by atoms with Gasteiger partial charge in [0.1, 0.15) is 0 Å². The topological polar surface area (TPSA) is 118 Å². The third-order valence-corrected chi connectivity index (χ3v) is 13.4. The fourth-order valence-corrected chi connectivity index (χ4v) is 10.5. The Balaban J connectivity index is 0.980. The van der Waals surface area contributed by atoms with Gasteiger partial charge in [-0.1, -0.05) is 6.92 Å². The number of nitrogens with one attached hydrogen (secondary N) is 3. The van der Waals surface area contributed by atoms with Crippen LogP contribution in [0.3, 0.4) is 0 Å². The molecule has 5 atom stereocenters. The molecule has 0 aromatic carbocycles. The highest BCUT2D eigenvalue weighted by Gasteiger charge is 2.47. The summed E-state index contributed by atoms with van der Waals surface area (Å²) in [7, 11) is -1.19. The lowest BCUT2D eigenvalue weighted by atomic mass is 9.63. The van der Waals surface area contributed by atoms with Gasteiger partial charge in [-0.3, -0.25) is 0 Å². The summed E-state index contributed by atoms with van der Waals surface area (Å²) in [6, 6.07) is 0.153. The minimum atomic E-state index is -3.38. The number of hydrogen-bond acceptors (Lipinski definition) is 7. The monoisotopic (exact) mass is 696 g/mol. The largest absolute Gasteiger partial charge is 0.378 e. The van der Waals surface area contributed by atoms with Crippen molar-refractivity contribution in [2.24, 2.45) is 29.6 Å². The summed E-state index contributed by atoms with van der Waals surface area (Å²) in [6.07, 6.45) is 9.65. The third kappa shape index (κ3) is 12.2. The highest BCUT2D eigenvalue weighted by molar-refractivity contribution is 7.90. The summed E-state index contributed by atoms with van der Waals surface area (Å²) >= 11 is 13.4. The van der Waals surface area contributed by atoms with Crippen LogP contribution in [0.4, 0.5) is 4.79 Å². The van der Waals surface area contributed by atoms with Gasteiger partial charge in [-0.25, -0.2) is 17.9 Å². The predicted molar refractivity (Wildman–Crippen MR) is 180 cm³/mol. The highest BCUT2D eigenvalue weighted by Crippen LogP contribution is 2.48. The standard InChI is InChI=1S/C32H58Cl2N4O6S/c1-23-3-7-26(8-4-23)37-32(39)35-11-13-42-15-17-44-18-16-43-14-12-36-45(40,41)27-9-5-24(6-10-27)29-21-38(2)22-30-28(29)19-25(33)20-31(30)34/h23-31,36H,3-22H2,1-2H3,(H2,35,37,39)/t23?,24?,25?,26?,27?,28?,29-,30?,31?/m0/s1. The smallest absolute Gasteiger partial charge is 0.315 e. The van der Waals surface area contributed by atoms with Crippen molar-refractivity contribution in [3.63, 3.8) is 0 Å². The molecule has 1 heterocycles. The zero-order valence-electron chi connectivity index (χ0n) is 27.4. The van der Waals surface area contributed by atoms with E-state index in [1.807, 2.05) is 0 Å². The van der Waals surface area contributed by atoms with E-state index >= 15 is 0 Å². The van der Waals surface area contributed by atoms with E-state index in [9.17, 15) is 13.2 Å². The number of hydrogen-bond donors (Lipinski definition) is 3. The molecule has 0 aromatic rings. The van der Waals surface area contributed by atoms with Crippen LogP contribution in [0.25, 0.3) is 0 Å². The Morgan fingerprint density at radius 3 is 2.04 bits per heavy atom. The van der Waals surface area contributed by atoms with Gasteiger partial charge in [0.2, 0.25) is 10.0 Å². The maximum atomic E-state index is 13.0. The number of urea groups is 1. The fraction of sp³-hybridized carbons (Fsp3) is 0.969. The van der Waals surface area contributed by atoms with Gasteiger partial charge in [0.15, 0.2) is 0 Å². The average molecular weight is 698 g/mol. The van der Waals surface area contributed by atoms with Crippen molar-refractivity contribution in [3.8, 4) is 0 Å². The van der Waals surface area contributed by atoms with Crippen molar-refractivity contribution < 1.29 is 27.4 Å². The zero-order chi connectivity index (χ0) is 32.2. The first-order valence-electron chi connectivity index (χ1n) is 17.3. The van der Waals surface area contributed by atoms with E-state index in [0.717, 1.165) is 57.5 Å². The molecule has 0 bridgehead atoms. The first-order valence-corrected chi connectivity index (χ1v) is 19.8. The van der Waals surface area contributed by atoms with E-state index in [1.54, 1.807) is 0 Å². The molecule has 0 radical (unpaired) electrons. The van der Waals surface area contributed by atoms with Gasteiger partial charge in [-0.2, -0.15) is 0 Å². The molecule has 3 N–H and O–H groups in total. The number of alkyl halides is 2. The van der Waals surface area contributed by atoms with Crippen LogP contribution >= 0.6 is 23.2 Å². The van der Waals surface area contributed by atoms with Crippen LogP contribution < -0.4 is 15.4 Å². The van der Waals surface area contributed by atoms with Crippen molar-refractivity contribution in [1.82, 2.24) is 20.3 Å². The number of carbonyl (C=O) groups is 1. The van der Waals surface area contributed by atoms with Gasteiger partial charge >= 0.3 is 6.03 Å². The van der Waals surface area contributed by atoms with Crippen LogP contribution in [0.1, 0.15) is 71.1 Å². The molecule has 0 aromatic heterocycles. The fourth-order valence-electron chi connectivity index (χ4n) is 8.04. The van der Waals surface area contributed by atoms with Crippen molar-refractivity contribution >= 4 is 39.3 Å². The lowest BCUT2D eigenvalue weighted by Crippen LogP contribution is -2.53. The number of carbonyl (C=O) groups excluding carboxylic acids is 1. The second-order valence-electron chi connectivity index (χ2n) is 14.0. The molecule has 1 saturated heterocycles. The van der Waals surface area contributed by atoms with Crippen molar-refractivity contribution in [2.45, 2.75) is 93.2 Å². The Morgan fingerprint density at radius 1 is 0.778 bits per heavy atom. The van der Waals surface area contributed by atoms with Gasteiger partial charge in [0.05, 0.1) is 44.9 Å². The lowest BCUT2D eigenvalue weighted by Gasteiger charge is -2.51. The van der Waals surface area contributed by atoms with Crippen molar-refractivity contribution in [3.05, 3.63) is 0 Å². The minimum absolute atomic E-state index is 0.127. The molecule has 10 nitrogen and oxygen atoms in total. The van der Waals surface area contributed by atoms with Crippen molar-refractivity contribution in [2.75, 3.05) is 72.9 Å². The summed E-state index contributed by atoms with van der Waals surface area (Å²) < 4.78 is 45.3. The molecule has 4 rings (SSSR count). The number of sulfonamides is 1. The van der Waals surface area contributed by atoms with E-state index in [1.165, 1.54) is 12.8 Å². The molecule has 4 unspecified atom stereocenters. The molecule has 262 valence electrons. The number of likely N-dealkylation sites (tertiary alicyclic amines) is 1. The van der Waals surface area contributed by atoms with E-state index < -0.39 is 10.0 Å². The van der Waals surface area contributed by atoms with Crippen LogP contribution in [0.15, 0.2) is 0 Å². The van der Waals surface area contributed by atoms with Crippen LogP contribution in [-0.2, 0) is 24.2 Å². The number of fused-ring (bicyclic) bond motifs is 1. The summed E-state index contributed by atoms with van der Waals surface area (Å²) in [5, 5.41) is 5.82. The quantitative estimate of drug-likeness (QED) is 0.164. The van der Waals surface area contributed by atoms with E-state index in [2.05, 4.69) is 34.2 Å². The number of nitrogens with zero attached hydrogens (tertiary/aromatic N) is 1. The van der Waals surface area contributed by atoms with Gasteiger partial charge in [-0.05, 0) is 101 Å². The average Bonchev–Trinajstić information content (AvgIpc) is 3.01. The Bertz CT molecular complexity index is 981. The third-order valence-electron chi connectivity index (χ3n) is 10.6. The molecular formula is C32H58Cl2N4O6S. The van der Waals surface area contributed by atoms with Crippen LogP contribution in [0.5, 0.6) is 0 Å². The Morgan fingerprint density at radius 2 is 1.38 bits per heavy atom. The summed E-state index contributed by atoms with van der Waals surface area (Å²) in [5.74, 6) is 2.86. The molecule has 4 fully saturated rings. The van der Waals surface area contributed by atoms with Crippen LogP contribution in [-0.4, -0.2) is 114 Å². The lowest BCUT2D eigenvalue weighted by molar-refractivity contribution is 0.0108. The SMILES string of the molecule is CC1CCC(NC(=O)NCCOCCOCCOCCNS(=O)(=O)C2CCC([C@@H]3CN(C)CC4C(Cl)CC(Cl)CC43)CC2)CC1. The minimum Gasteiger partial charge on any atom is -0.378 e. The van der Waals surface area contributed by atoms with Crippen molar-refractivity contribution in [1.29, 1.82) is 0 Å². The van der Waals surface area contributed by atoms with Gasteiger partial charge in [0.25, 0.3) is 0 Å². The maximum Gasteiger partial charge on any atom is 0.315 e. The molecule has 3 aliphatic carbocycles. The molecule has 2 amide bonds. The molecule has 4 aliphatic rings. The highest BCUT2D eigenvalue weighted by atomic mass is 35.5. The van der Waals surface area contributed by atoms with Gasteiger partial charge in [0, 0.05) is 43.0 Å². The second-order valence-corrected chi connectivity index (χ2v) is 17.2. The molecular weight excluding hydrogens is 639 g/mol. The summed E-state index contributed by atoms with van der Waals surface area (Å²) in [5.41, 5.74) is 0. The number of piperidine rings is 1. The first kappa shape index (κ1) is 37.4. The predicted octanol–water partition coefficient (Wildman–Crippen LogP) is 4.19. The van der Waals surface area contributed by atoms with E-state index in [4.69, 9.17) is 37.4 Å². The maximum absolute atomic E-state index is 13.0. The van der Waals surface area contributed by atoms with E-state index in [0.29, 0.717) is 82.7 Å². The number of rotatable bonds is 16. The summed E-state index contributed by atoms with van der Waals surface area (Å²) in [4.78, 5) is 14.4. The Kier molecular flexibility index (Phi) is 15.8. The number of ether oxygens (including phenoxy) is 3. The Hall–Kier alpha value is -0.400. The first-order chi connectivity index (χ1) is 21.6. The van der Waals surface area contributed by atoms with Gasteiger partial charge in [-0.15, -0.1) is 23.2 Å². The number of halogens is 2. The molecule has 0 spiro atoms. The van der Waals surface area contributed by atoms with Crippen LogP contribution in [0.2, 0.25) is 0 Å². The molecule has 45 heavy (non-hydrogen) atoms. The zero-order valence-corrected chi connectivity index (χ0v) is 29.7.